The Kier molecular flexibility index (Phi) is 6.43. The van der Waals surface area contributed by atoms with Gasteiger partial charge in [0, 0.05) is 53.6 Å². The Balaban J connectivity index is 1.25. The van der Waals surface area contributed by atoms with Crippen LogP contribution in [-0.2, 0) is 0 Å². The molecule has 2 aromatic heterocycles. The van der Waals surface area contributed by atoms with Gasteiger partial charge in [-0.15, -0.1) is 12.6 Å². The van der Waals surface area contributed by atoms with Crippen LogP contribution in [0.2, 0.25) is 0 Å². The summed E-state index contributed by atoms with van der Waals surface area (Å²) in [6, 6.07) is 15.3. The second-order valence-corrected chi connectivity index (χ2v) is 8.78. The van der Waals surface area contributed by atoms with Gasteiger partial charge in [0.25, 0.3) is 5.91 Å². The monoisotopic (exact) mass is 502 g/mol. The summed E-state index contributed by atoms with van der Waals surface area (Å²) in [5.74, 6) is 1.18. The second kappa shape index (κ2) is 9.82. The number of H-pyrrole nitrogens is 1. The Hall–Kier alpha value is -4.18. The fourth-order valence-corrected chi connectivity index (χ4v) is 4.65. The molecule has 36 heavy (non-hydrogen) atoms. The Bertz CT molecular complexity index is 1440. The van der Waals surface area contributed by atoms with Crippen molar-refractivity contribution in [2.45, 2.75) is 5.50 Å². The van der Waals surface area contributed by atoms with Crippen molar-refractivity contribution in [3.8, 4) is 22.6 Å². The first kappa shape index (κ1) is 23.6. The number of nitrogens with zero attached hydrogens (tertiary/aromatic N) is 2. The molecule has 0 radical (unpaired) electrons. The van der Waals surface area contributed by atoms with Gasteiger partial charge in [-0.25, -0.2) is 0 Å². The Morgan fingerprint density at radius 2 is 1.94 bits per heavy atom. The molecule has 1 amide bonds. The van der Waals surface area contributed by atoms with E-state index in [9.17, 15) is 4.79 Å². The highest BCUT2D eigenvalue weighted by molar-refractivity contribution is 7.81. The third-order valence-corrected chi connectivity index (χ3v) is 6.55. The first-order chi connectivity index (χ1) is 17.5. The van der Waals surface area contributed by atoms with Crippen molar-refractivity contribution >= 4 is 41.0 Å². The Labute approximate surface area is 213 Å². The lowest BCUT2D eigenvalue weighted by Crippen LogP contribution is -2.48. The van der Waals surface area contributed by atoms with Crippen molar-refractivity contribution in [2.75, 3.05) is 32.6 Å². The van der Waals surface area contributed by atoms with Gasteiger partial charge in [-0.1, -0.05) is 12.1 Å². The number of amides is 1. The van der Waals surface area contributed by atoms with Gasteiger partial charge >= 0.3 is 0 Å². The number of carbonyl (C=O) groups is 1. The number of benzene rings is 2. The maximum atomic E-state index is 12.8. The van der Waals surface area contributed by atoms with E-state index >= 15 is 0 Å². The predicted molar refractivity (Wildman–Crippen MR) is 143 cm³/mol. The standard InChI is InChI=1S/C26H26N6O3S/c1-34-22-12-18-20(13-23(22)35-2)31-26(36)32(24(18)27)9-8-29-25(33)21-11-17-10-15(5-6-19(17)30-21)16-4-3-7-28-14-16/h3-7,10-14,26-27,30-31,36H,8-9H2,1-2H3,(H,29,33). The molecule has 4 aromatic rings. The molecule has 0 aliphatic carbocycles. The van der Waals surface area contributed by atoms with Crippen LogP contribution in [0.15, 0.2) is 60.9 Å². The number of aromatic amines is 1. The van der Waals surface area contributed by atoms with Gasteiger partial charge in [-0.2, -0.15) is 0 Å². The summed E-state index contributed by atoms with van der Waals surface area (Å²) in [5, 5.41) is 15.8. The van der Waals surface area contributed by atoms with Gasteiger partial charge in [0.1, 0.15) is 17.0 Å². The summed E-state index contributed by atoms with van der Waals surface area (Å²) in [7, 11) is 3.13. The number of ether oxygens (including phenoxy) is 2. The van der Waals surface area contributed by atoms with Crippen LogP contribution in [0.1, 0.15) is 16.1 Å². The van der Waals surface area contributed by atoms with E-state index in [0.717, 1.165) is 27.7 Å². The van der Waals surface area contributed by atoms with Crippen LogP contribution in [0.3, 0.4) is 0 Å². The fraction of sp³-hybridized carbons (Fsp3) is 0.192. The molecule has 1 unspecified atom stereocenters. The van der Waals surface area contributed by atoms with E-state index in [1.165, 1.54) is 0 Å². The van der Waals surface area contributed by atoms with Crippen molar-refractivity contribution in [1.29, 1.82) is 5.41 Å². The molecule has 4 N–H and O–H groups in total. The summed E-state index contributed by atoms with van der Waals surface area (Å²) in [6.07, 6.45) is 3.55. The number of fused-ring (bicyclic) bond motifs is 2. The zero-order chi connectivity index (χ0) is 25.2. The number of thiol groups is 1. The molecule has 0 fully saturated rings. The number of carbonyl (C=O) groups excluding carboxylic acids is 1. The van der Waals surface area contributed by atoms with E-state index in [0.29, 0.717) is 35.8 Å². The highest BCUT2D eigenvalue weighted by Gasteiger charge is 2.28. The molecule has 0 saturated heterocycles. The van der Waals surface area contributed by atoms with Crippen molar-refractivity contribution < 1.29 is 14.3 Å². The predicted octanol–water partition coefficient (Wildman–Crippen LogP) is 3.94. The molecule has 0 bridgehead atoms. The van der Waals surface area contributed by atoms with Gasteiger partial charge in [-0.05, 0) is 35.9 Å². The Morgan fingerprint density at radius 3 is 2.69 bits per heavy atom. The molecule has 10 heteroatoms. The molecule has 1 aliphatic heterocycles. The molecule has 0 spiro atoms. The minimum atomic E-state index is -0.432. The van der Waals surface area contributed by atoms with Gasteiger partial charge in [0.05, 0.1) is 19.9 Å². The smallest absolute Gasteiger partial charge is 0.267 e. The normalized spacial score (nSPS) is 14.8. The zero-order valence-electron chi connectivity index (χ0n) is 19.8. The highest BCUT2D eigenvalue weighted by Crippen LogP contribution is 2.37. The maximum Gasteiger partial charge on any atom is 0.267 e. The number of methoxy groups -OCH3 is 2. The third-order valence-electron chi connectivity index (χ3n) is 6.14. The average Bonchev–Trinajstić information content (AvgIpc) is 3.34. The number of rotatable bonds is 7. The van der Waals surface area contributed by atoms with Crippen LogP contribution in [0, 0.1) is 5.41 Å². The van der Waals surface area contributed by atoms with Crippen LogP contribution >= 0.6 is 12.6 Å². The highest BCUT2D eigenvalue weighted by atomic mass is 32.1. The van der Waals surface area contributed by atoms with Crippen LogP contribution < -0.4 is 20.1 Å². The average molecular weight is 503 g/mol. The van der Waals surface area contributed by atoms with Crippen LogP contribution in [0.25, 0.3) is 22.0 Å². The number of nitrogens with one attached hydrogen (secondary N) is 4. The van der Waals surface area contributed by atoms with Gasteiger partial charge < -0.3 is 30.0 Å². The van der Waals surface area contributed by atoms with E-state index in [1.54, 1.807) is 37.4 Å². The van der Waals surface area contributed by atoms with E-state index in [2.05, 4.69) is 33.2 Å². The van der Waals surface area contributed by atoms with Crippen molar-refractivity contribution in [3.05, 3.63) is 72.2 Å². The Morgan fingerprint density at radius 1 is 1.14 bits per heavy atom. The second-order valence-electron chi connectivity index (χ2n) is 8.30. The van der Waals surface area contributed by atoms with Crippen LogP contribution in [0.5, 0.6) is 11.5 Å². The molecule has 9 nitrogen and oxygen atoms in total. The van der Waals surface area contributed by atoms with Crippen LogP contribution in [0.4, 0.5) is 5.69 Å². The zero-order valence-corrected chi connectivity index (χ0v) is 20.7. The van der Waals surface area contributed by atoms with E-state index in [-0.39, 0.29) is 11.7 Å². The number of anilines is 1. The van der Waals surface area contributed by atoms with Gasteiger partial charge in [0.2, 0.25) is 0 Å². The molecule has 3 heterocycles. The molecule has 5 rings (SSSR count). The third kappa shape index (κ3) is 4.42. The number of aromatic nitrogens is 2. The largest absolute Gasteiger partial charge is 0.493 e. The first-order valence-corrected chi connectivity index (χ1v) is 11.9. The SMILES string of the molecule is COc1cc2c(cc1OC)C(=N)N(CCNC(=O)c1cc3cc(-c4cccnc4)ccc3[nH]1)C(S)N2. The minimum Gasteiger partial charge on any atom is -0.493 e. The lowest BCUT2D eigenvalue weighted by atomic mass is 10.1. The van der Waals surface area contributed by atoms with Gasteiger partial charge in [-0.3, -0.25) is 15.2 Å². The summed E-state index contributed by atoms with van der Waals surface area (Å²) >= 11 is 4.60. The topological polar surface area (TPSA) is 115 Å². The summed E-state index contributed by atoms with van der Waals surface area (Å²) in [5.41, 5.74) is 4.39. The lowest BCUT2D eigenvalue weighted by molar-refractivity contribution is 0.0947. The summed E-state index contributed by atoms with van der Waals surface area (Å²) < 4.78 is 10.7. The lowest BCUT2D eigenvalue weighted by Gasteiger charge is -2.37. The summed E-state index contributed by atoms with van der Waals surface area (Å²) in [4.78, 5) is 22.0. The quantitative estimate of drug-likeness (QED) is 0.245. The number of hydrogen-bond donors (Lipinski definition) is 5. The summed E-state index contributed by atoms with van der Waals surface area (Å²) in [6.45, 7) is 0.726. The number of pyridine rings is 1. The molecule has 1 atom stereocenters. The molecule has 2 aromatic carbocycles. The van der Waals surface area contributed by atoms with E-state index in [1.807, 2.05) is 42.6 Å². The molecule has 184 valence electrons. The molecule has 1 aliphatic rings. The number of amidine groups is 1. The fourth-order valence-electron chi connectivity index (χ4n) is 4.28. The van der Waals surface area contributed by atoms with Gasteiger partial charge in [0.15, 0.2) is 11.5 Å². The molecular formula is C26H26N6O3S. The van der Waals surface area contributed by atoms with Crippen molar-refractivity contribution in [1.82, 2.24) is 20.2 Å². The molecular weight excluding hydrogens is 476 g/mol. The van der Waals surface area contributed by atoms with E-state index in [4.69, 9.17) is 14.9 Å². The van der Waals surface area contributed by atoms with Crippen LogP contribution in [-0.4, -0.2) is 59.4 Å². The molecule has 0 saturated carbocycles. The minimum absolute atomic E-state index is 0.215. The maximum absolute atomic E-state index is 12.8. The first-order valence-electron chi connectivity index (χ1n) is 11.4. The van der Waals surface area contributed by atoms with Crippen molar-refractivity contribution in [3.63, 3.8) is 0 Å². The van der Waals surface area contributed by atoms with E-state index < -0.39 is 5.50 Å². The number of hydrogen-bond acceptors (Lipinski definition) is 7. The van der Waals surface area contributed by atoms with Crippen molar-refractivity contribution in [2.24, 2.45) is 0 Å².